The van der Waals surface area contributed by atoms with Gasteiger partial charge in [-0.25, -0.2) is 8.78 Å². The Hall–Kier alpha value is -2.76. The van der Waals surface area contributed by atoms with Crippen molar-refractivity contribution in [2.45, 2.75) is 13.8 Å². The van der Waals surface area contributed by atoms with Gasteiger partial charge in [-0.15, -0.1) is 0 Å². The van der Waals surface area contributed by atoms with Crippen LogP contribution in [0.4, 0.5) is 14.5 Å². The minimum absolute atomic E-state index is 0.0369. The number of carbonyl (C=O) groups is 2. The van der Waals surface area contributed by atoms with E-state index in [-0.39, 0.29) is 19.0 Å². The van der Waals surface area contributed by atoms with Crippen LogP contribution in [-0.2, 0) is 4.79 Å². The van der Waals surface area contributed by atoms with Gasteiger partial charge in [0.2, 0.25) is 5.91 Å². The number of hydrogen-bond acceptors (Lipinski definition) is 2. The predicted molar refractivity (Wildman–Crippen MR) is 87.9 cm³/mol. The van der Waals surface area contributed by atoms with Gasteiger partial charge in [-0.1, -0.05) is 23.8 Å². The van der Waals surface area contributed by atoms with Gasteiger partial charge in [-0.3, -0.25) is 9.59 Å². The fraction of sp³-hybridized carbons (Fsp3) is 0.222. The summed E-state index contributed by atoms with van der Waals surface area (Å²) < 4.78 is 27.7. The average molecular weight is 332 g/mol. The van der Waals surface area contributed by atoms with Gasteiger partial charge in [0.15, 0.2) is 0 Å². The van der Waals surface area contributed by atoms with E-state index in [1.165, 1.54) is 13.0 Å². The van der Waals surface area contributed by atoms with Crippen LogP contribution >= 0.6 is 0 Å². The number of anilines is 1. The number of para-hydroxylation sites is 1. The normalized spacial score (nSPS) is 10.3. The number of halogens is 2. The van der Waals surface area contributed by atoms with Crippen LogP contribution in [0.5, 0.6) is 0 Å². The van der Waals surface area contributed by atoms with Gasteiger partial charge in [-0.2, -0.15) is 0 Å². The number of hydrogen-bond donors (Lipinski definition) is 1. The molecule has 2 amide bonds. The Bertz CT molecular complexity index is 725. The molecule has 2 aromatic rings. The molecule has 0 aliphatic heterocycles. The van der Waals surface area contributed by atoms with Crippen molar-refractivity contribution < 1.29 is 18.4 Å². The molecule has 6 heteroatoms. The number of carbonyl (C=O) groups excluding carboxylic acids is 2. The largest absolute Gasteiger partial charge is 0.350 e. The van der Waals surface area contributed by atoms with E-state index in [2.05, 4.69) is 5.32 Å². The molecule has 0 unspecified atom stereocenters. The van der Waals surface area contributed by atoms with Crippen molar-refractivity contribution in [2.75, 3.05) is 18.0 Å². The fourth-order valence-corrected chi connectivity index (χ4v) is 2.26. The van der Waals surface area contributed by atoms with Crippen molar-refractivity contribution in [3.63, 3.8) is 0 Å². The summed E-state index contributed by atoms with van der Waals surface area (Å²) in [5.74, 6) is -2.47. The Morgan fingerprint density at radius 2 is 1.62 bits per heavy atom. The topological polar surface area (TPSA) is 49.4 Å². The minimum atomic E-state index is -0.824. The number of rotatable bonds is 5. The van der Waals surface area contributed by atoms with E-state index < -0.39 is 23.2 Å². The van der Waals surface area contributed by atoms with Crippen LogP contribution in [0.2, 0.25) is 0 Å². The third kappa shape index (κ3) is 4.16. The van der Waals surface area contributed by atoms with Gasteiger partial charge in [0.25, 0.3) is 5.91 Å². The number of amides is 2. The van der Waals surface area contributed by atoms with Crippen LogP contribution in [0, 0.1) is 18.6 Å². The lowest BCUT2D eigenvalue weighted by Gasteiger charge is -2.22. The van der Waals surface area contributed by atoms with Crippen LogP contribution in [0.1, 0.15) is 22.8 Å². The maximum atomic E-state index is 13.8. The predicted octanol–water partition coefficient (Wildman–Crippen LogP) is 3.06. The van der Waals surface area contributed by atoms with E-state index in [1.807, 2.05) is 19.1 Å². The zero-order chi connectivity index (χ0) is 17.7. The molecule has 0 atom stereocenters. The van der Waals surface area contributed by atoms with Crippen LogP contribution in [0.25, 0.3) is 0 Å². The molecular weight excluding hydrogens is 314 g/mol. The molecule has 0 fully saturated rings. The first-order valence-electron chi connectivity index (χ1n) is 7.47. The zero-order valence-corrected chi connectivity index (χ0v) is 13.5. The second-order valence-corrected chi connectivity index (χ2v) is 5.36. The first kappa shape index (κ1) is 17.6. The molecule has 0 heterocycles. The molecule has 24 heavy (non-hydrogen) atoms. The molecule has 0 aromatic heterocycles. The summed E-state index contributed by atoms with van der Waals surface area (Å²) in [5, 5.41) is 2.63. The third-order valence-electron chi connectivity index (χ3n) is 3.52. The molecule has 0 spiro atoms. The van der Waals surface area contributed by atoms with Crippen LogP contribution in [0.15, 0.2) is 42.5 Å². The lowest BCUT2D eigenvalue weighted by Crippen LogP contribution is -2.38. The van der Waals surface area contributed by atoms with E-state index in [0.717, 1.165) is 22.6 Å². The highest BCUT2D eigenvalue weighted by molar-refractivity contribution is 5.94. The van der Waals surface area contributed by atoms with Crippen molar-refractivity contribution in [3.05, 3.63) is 65.2 Å². The number of nitrogens with zero attached hydrogens (tertiary/aromatic N) is 1. The summed E-state index contributed by atoms with van der Waals surface area (Å²) in [6.07, 6.45) is 0. The van der Waals surface area contributed by atoms with Crippen molar-refractivity contribution in [1.29, 1.82) is 0 Å². The molecule has 0 radical (unpaired) electrons. The van der Waals surface area contributed by atoms with Gasteiger partial charge in [0.05, 0.1) is 0 Å². The second-order valence-electron chi connectivity index (χ2n) is 5.36. The molecule has 0 aliphatic rings. The van der Waals surface area contributed by atoms with Gasteiger partial charge in [-0.05, 0) is 31.2 Å². The molecule has 0 aliphatic carbocycles. The van der Waals surface area contributed by atoms with E-state index in [0.29, 0.717) is 5.56 Å². The molecule has 4 nitrogen and oxygen atoms in total. The fourth-order valence-electron chi connectivity index (χ4n) is 2.26. The number of nitrogens with one attached hydrogen (secondary N) is 1. The van der Waals surface area contributed by atoms with E-state index in [9.17, 15) is 18.4 Å². The molecule has 0 saturated heterocycles. The summed E-state index contributed by atoms with van der Waals surface area (Å²) in [6, 6.07) is 10.4. The lowest BCUT2D eigenvalue weighted by molar-refractivity contribution is -0.116. The highest BCUT2D eigenvalue weighted by atomic mass is 19.1. The van der Waals surface area contributed by atoms with Gasteiger partial charge in [0.1, 0.15) is 17.3 Å². The summed E-state index contributed by atoms with van der Waals surface area (Å²) in [5.41, 5.74) is 1.10. The Labute approximate surface area is 139 Å². The zero-order valence-electron chi connectivity index (χ0n) is 13.5. The Morgan fingerprint density at radius 3 is 2.17 bits per heavy atom. The molecule has 2 aromatic carbocycles. The van der Waals surface area contributed by atoms with Gasteiger partial charge < -0.3 is 10.2 Å². The van der Waals surface area contributed by atoms with Crippen LogP contribution < -0.4 is 10.2 Å². The Balaban J connectivity index is 2.03. The highest BCUT2D eigenvalue weighted by Gasteiger charge is 2.20. The lowest BCUT2D eigenvalue weighted by atomic mass is 10.1. The highest BCUT2D eigenvalue weighted by Crippen LogP contribution is 2.23. The first-order valence-corrected chi connectivity index (χ1v) is 7.47. The van der Waals surface area contributed by atoms with Gasteiger partial charge >= 0.3 is 0 Å². The number of benzene rings is 2. The molecular formula is C18H18F2N2O2. The third-order valence-corrected chi connectivity index (χ3v) is 3.52. The summed E-state index contributed by atoms with van der Waals surface area (Å²) >= 11 is 0. The maximum Gasteiger partial charge on any atom is 0.251 e. The summed E-state index contributed by atoms with van der Waals surface area (Å²) in [4.78, 5) is 24.7. The number of aryl methyl sites for hydroxylation is 1. The Morgan fingerprint density at radius 1 is 1.04 bits per heavy atom. The first-order chi connectivity index (χ1) is 11.4. The van der Waals surface area contributed by atoms with Crippen molar-refractivity contribution in [2.24, 2.45) is 0 Å². The molecule has 1 N–H and O–H groups in total. The molecule has 0 bridgehead atoms. The average Bonchev–Trinajstić information content (AvgIpc) is 2.53. The summed E-state index contributed by atoms with van der Waals surface area (Å²) in [6.45, 7) is 3.16. The monoisotopic (exact) mass is 332 g/mol. The van der Waals surface area contributed by atoms with Crippen LogP contribution in [0.3, 0.4) is 0 Å². The van der Waals surface area contributed by atoms with Crippen molar-refractivity contribution >= 4 is 17.5 Å². The Kier molecular flexibility index (Phi) is 5.63. The smallest absolute Gasteiger partial charge is 0.251 e. The van der Waals surface area contributed by atoms with E-state index in [1.54, 1.807) is 12.1 Å². The maximum absolute atomic E-state index is 13.8. The summed E-state index contributed by atoms with van der Waals surface area (Å²) in [7, 11) is 0. The van der Waals surface area contributed by atoms with Gasteiger partial charge in [0, 0.05) is 25.6 Å². The quantitative estimate of drug-likeness (QED) is 0.915. The van der Waals surface area contributed by atoms with Crippen molar-refractivity contribution in [1.82, 2.24) is 5.32 Å². The molecule has 0 saturated carbocycles. The van der Waals surface area contributed by atoms with E-state index in [4.69, 9.17) is 0 Å². The SMILES string of the molecule is CC(=O)N(CCNC(=O)c1ccc(C)cc1)c1c(F)cccc1F. The van der Waals surface area contributed by atoms with Crippen LogP contribution in [-0.4, -0.2) is 24.9 Å². The minimum Gasteiger partial charge on any atom is -0.350 e. The van der Waals surface area contributed by atoms with Crippen molar-refractivity contribution in [3.8, 4) is 0 Å². The molecule has 2 rings (SSSR count). The van der Waals surface area contributed by atoms with E-state index >= 15 is 0 Å². The molecule has 126 valence electrons. The second kappa shape index (κ2) is 7.68. The standard InChI is InChI=1S/C18H18F2N2O2/c1-12-6-8-14(9-7-12)18(24)21-10-11-22(13(2)23)17-15(19)4-3-5-16(17)20/h3-9H,10-11H2,1-2H3,(H,21,24).